The van der Waals surface area contributed by atoms with Crippen LogP contribution in [0, 0.1) is 22.0 Å². The minimum atomic E-state index is -0.983. The van der Waals surface area contributed by atoms with Crippen LogP contribution in [-0.2, 0) is 49.0 Å². The third-order valence-electron chi connectivity index (χ3n) is 10.4. The second-order valence-electron chi connectivity index (χ2n) is 15.9. The van der Waals surface area contributed by atoms with Crippen molar-refractivity contribution in [2.75, 3.05) is 43.6 Å². The number of benzene rings is 2. The summed E-state index contributed by atoms with van der Waals surface area (Å²) >= 11 is 1.39. The molecule has 342 valence electrons. The summed E-state index contributed by atoms with van der Waals surface area (Å²) in [6.45, 7) is 7.75. The van der Waals surface area contributed by atoms with Gasteiger partial charge in [-0.3, -0.25) is 33.8 Å². The van der Waals surface area contributed by atoms with Crippen molar-refractivity contribution in [3.8, 4) is 5.75 Å². The minimum Gasteiger partial charge on any atom is -0.484 e. The van der Waals surface area contributed by atoms with Crippen LogP contribution in [0.5, 0.6) is 5.75 Å². The number of para-hydroxylation sites is 1. The van der Waals surface area contributed by atoms with Gasteiger partial charge in [-0.2, -0.15) is 11.8 Å². The molecule has 1 aromatic heterocycles. The van der Waals surface area contributed by atoms with E-state index in [1.54, 1.807) is 56.3 Å². The van der Waals surface area contributed by atoms with E-state index in [-0.39, 0.29) is 78.4 Å². The normalized spacial score (nSPS) is 14.7. The summed E-state index contributed by atoms with van der Waals surface area (Å²) in [6, 6.07) is 11.8. The van der Waals surface area contributed by atoms with Crippen LogP contribution in [0.4, 0.5) is 22.1 Å². The Labute approximate surface area is 371 Å². The van der Waals surface area contributed by atoms with Crippen molar-refractivity contribution in [2.45, 2.75) is 90.3 Å². The molecule has 1 saturated heterocycles. The second kappa shape index (κ2) is 24.0. The number of amides is 6. The van der Waals surface area contributed by atoms with E-state index in [1.165, 1.54) is 46.4 Å². The number of carbonyl (C=O) groups is 6. The molecular weight excluding hydrogens is 835 g/mol. The van der Waals surface area contributed by atoms with Gasteiger partial charge in [0.15, 0.2) is 5.69 Å². The van der Waals surface area contributed by atoms with E-state index in [4.69, 9.17) is 9.47 Å². The van der Waals surface area contributed by atoms with E-state index >= 15 is 0 Å². The molecule has 19 nitrogen and oxygen atoms in total. The Morgan fingerprint density at radius 2 is 1.68 bits per heavy atom. The Balaban J connectivity index is 1.35. The lowest BCUT2D eigenvalue weighted by Crippen LogP contribution is -2.56. The summed E-state index contributed by atoms with van der Waals surface area (Å²) in [4.78, 5) is 94.9. The summed E-state index contributed by atoms with van der Waals surface area (Å²) in [5.74, 6) is -2.28. The summed E-state index contributed by atoms with van der Waals surface area (Å²) in [7, 11) is 2.93. The predicted octanol–water partition coefficient (Wildman–Crippen LogP) is 4.86. The van der Waals surface area contributed by atoms with Crippen molar-refractivity contribution in [1.82, 2.24) is 30.0 Å². The van der Waals surface area contributed by atoms with E-state index in [1.807, 2.05) is 26.2 Å². The zero-order chi connectivity index (χ0) is 46.2. The number of nitro groups is 1. The third kappa shape index (κ3) is 14.3. The standard InChI is InChI=1S/C43H59N9O10S/c1-27(2)37(39(55)46-30-15-11-10-12-16-30)48-40(56)38(28(3)4)50(6)43(58)62-25-29-17-18-33(61-26-31-23-45-42(49(31)5)52(59)60)32(21-29)47-35(53)24-44-19-13-8-9-14-20-51-36(54)22-34(63-7)41(51)57/h10-12,15-18,21,23,27-28,34,37-38,44H,8-9,13-14,19-20,22,24-26H2,1-7H3,(H,46,55)(H,47,53)(H,48,56)/t34?,37-,38-/m0/s1. The Bertz CT molecular complexity index is 2080. The molecular formula is C43H59N9O10S. The number of imide groups is 1. The lowest BCUT2D eigenvalue weighted by molar-refractivity contribution is -0.396. The number of hydrogen-bond acceptors (Lipinski definition) is 13. The number of imidazole rings is 1. The molecule has 3 aromatic rings. The number of rotatable bonds is 24. The van der Waals surface area contributed by atoms with Gasteiger partial charge in [0, 0.05) is 25.7 Å². The molecule has 20 heteroatoms. The highest BCUT2D eigenvalue weighted by molar-refractivity contribution is 8.00. The lowest BCUT2D eigenvalue weighted by Gasteiger charge is -2.31. The van der Waals surface area contributed by atoms with Crippen LogP contribution < -0.4 is 26.0 Å². The van der Waals surface area contributed by atoms with E-state index in [9.17, 15) is 38.9 Å². The van der Waals surface area contributed by atoms with E-state index in [2.05, 4.69) is 26.3 Å². The quantitative estimate of drug-likeness (QED) is 0.0408. The molecule has 4 rings (SSSR count). The summed E-state index contributed by atoms with van der Waals surface area (Å²) < 4.78 is 12.9. The first-order valence-electron chi connectivity index (χ1n) is 20.9. The number of carbonyl (C=O) groups excluding carboxylic acids is 6. The summed E-state index contributed by atoms with van der Waals surface area (Å²) in [5, 5.41) is 22.6. The smallest absolute Gasteiger partial charge is 0.434 e. The first-order chi connectivity index (χ1) is 30.0. The molecule has 4 N–H and O–H groups in total. The highest BCUT2D eigenvalue weighted by atomic mass is 32.2. The molecule has 6 amide bonds. The molecule has 1 aliphatic heterocycles. The number of anilines is 2. The van der Waals surface area contributed by atoms with Crippen molar-refractivity contribution < 1.29 is 43.2 Å². The van der Waals surface area contributed by atoms with Gasteiger partial charge >= 0.3 is 12.0 Å². The van der Waals surface area contributed by atoms with Gasteiger partial charge in [0.25, 0.3) is 0 Å². The van der Waals surface area contributed by atoms with Crippen LogP contribution >= 0.6 is 11.8 Å². The SMILES string of the molecule is CSC1CC(=O)N(CCCCCCNCC(=O)Nc2cc(COC(=O)N(C)[C@H](C(=O)N[C@H](C(=O)Nc3ccccc3)C(C)C)C(C)C)ccc2OCc2cnc([N+](=O)[O-])n2C)C1=O. The average molecular weight is 894 g/mol. The summed E-state index contributed by atoms with van der Waals surface area (Å²) in [6.07, 6.45) is 5.74. The number of hydrogen-bond donors (Lipinski definition) is 4. The fourth-order valence-corrected chi connectivity index (χ4v) is 7.56. The number of thioether (sulfide) groups is 1. The predicted molar refractivity (Wildman–Crippen MR) is 238 cm³/mol. The van der Waals surface area contributed by atoms with Gasteiger partial charge < -0.3 is 40.9 Å². The monoisotopic (exact) mass is 893 g/mol. The van der Waals surface area contributed by atoms with Crippen molar-refractivity contribution >= 4 is 64.7 Å². The van der Waals surface area contributed by atoms with E-state index < -0.39 is 34.9 Å². The van der Waals surface area contributed by atoms with Gasteiger partial charge in [-0.1, -0.05) is 69.8 Å². The maximum atomic E-state index is 13.7. The van der Waals surface area contributed by atoms with Crippen LogP contribution in [0.1, 0.15) is 71.1 Å². The van der Waals surface area contributed by atoms with Crippen molar-refractivity contribution in [1.29, 1.82) is 0 Å². The van der Waals surface area contributed by atoms with Crippen molar-refractivity contribution in [3.63, 3.8) is 0 Å². The average Bonchev–Trinajstić information content (AvgIpc) is 3.75. The van der Waals surface area contributed by atoms with Crippen LogP contribution in [0.15, 0.2) is 54.7 Å². The number of nitrogens with one attached hydrogen (secondary N) is 4. The van der Waals surface area contributed by atoms with Gasteiger partial charge in [0.05, 0.1) is 24.5 Å². The molecule has 63 heavy (non-hydrogen) atoms. The van der Waals surface area contributed by atoms with Crippen LogP contribution in [0.3, 0.4) is 0 Å². The van der Waals surface area contributed by atoms with Gasteiger partial charge in [0.2, 0.25) is 29.5 Å². The number of aromatic nitrogens is 2. The van der Waals surface area contributed by atoms with Crippen molar-refractivity contribution in [2.24, 2.45) is 18.9 Å². The molecule has 2 heterocycles. The van der Waals surface area contributed by atoms with Gasteiger partial charge in [-0.25, -0.2) is 9.36 Å². The van der Waals surface area contributed by atoms with Crippen LogP contribution in [0.25, 0.3) is 0 Å². The zero-order valence-electron chi connectivity index (χ0n) is 36.9. The molecule has 0 spiro atoms. The fourth-order valence-electron chi connectivity index (χ4n) is 6.92. The zero-order valence-corrected chi connectivity index (χ0v) is 37.7. The minimum absolute atomic E-state index is 0.0333. The summed E-state index contributed by atoms with van der Waals surface area (Å²) in [5.41, 5.74) is 1.72. The molecule has 0 saturated carbocycles. The molecule has 3 atom stereocenters. The molecule has 1 unspecified atom stereocenters. The second-order valence-corrected chi connectivity index (χ2v) is 16.9. The van der Waals surface area contributed by atoms with E-state index in [0.717, 1.165) is 19.3 Å². The van der Waals surface area contributed by atoms with Crippen molar-refractivity contribution in [3.05, 3.63) is 76.1 Å². The maximum Gasteiger partial charge on any atom is 0.434 e. The van der Waals surface area contributed by atoms with Crippen LogP contribution in [0.2, 0.25) is 0 Å². The third-order valence-corrected chi connectivity index (χ3v) is 11.4. The Morgan fingerprint density at radius 3 is 2.32 bits per heavy atom. The van der Waals surface area contributed by atoms with Gasteiger partial charge in [-0.05, 0) is 72.2 Å². The highest BCUT2D eigenvalue weighted by Gasteiger charge is 2.37. The number of nitrogens with zero attached hydrogens (tertiary/aromatic N) is 5. The number of unbranched alkanes of at least 4 members (excludes halogenated alkanes) is 3. The topological polar surface area (TPSA) is 236 Å². The van der Waals surface area contributed by atoms with E-state index in [0.29, 0.717) is 36.5 Å². The molecule has 0 aliphatic carbocycles. The molecule has 0 bridgehead atoms. The Kier molecular flexibility index (Phi) is 18.9. The number of likely N-dealkylation sites (N-methyl/N-ethyl adjacent to an activating group) is 1. The molecule has 2 aromatic carbocycles. The lowest BCUT2D eigenvalue weighted by atomic mass is 9.99. The molecule has 1 fully saturated rings. The van der Waals surface area contributed by atoms with Crippen LogP contribution in [-0.4, -0.2) is 110 Å². The highest BCUT2D eigenvalue weighted by Crippen LogP contribution is 2.28. The number of ether oxygens (including phenoxy) is 2. The maximum absolute atomic E-state index is 13.7. The largest absolute Gasteiger partial charge is 0.484 e. The van der Waals surface area contributed by atoms with Gasteiger partial charge in [0.1, 0.15) is 37.2 Å². The first kappa shape index (κ1) is 49.6. The fraction of sp³-hybridized carbons (Fsp3) is 0.512. The van der Waals surface area contributed by atoms with Gasteiger partial charge in [-0.15, -0.1) is 0 Å². The first-order valence-corrected chi connectivity index (χ1v) is 22.1. The number of likely N-dealkylation sites (tertiary alicyclic amines) is 1. The molecule has 1 aliphatic rings. The Morgan fingerprint density at radius 1 is 0.968 bits per heavy atom. The Hall–Kier alpha value is -6.02. The molecule has 0 radical (unpaired) electrons.